The fourth-order valence-electron chi connectivity index (χ4n) is 2.01. The summed E-state index contributed by atoms with van der Waals surface area (Å²) in [6, 6.07) is 0. The second-order valence-corrected chi connectivity index (χ2v) is 30.7. The first kappa shape index (κ1) is 20.0. The standard InChI is InChI=1S/C10H15.4CH3.4O.Os.Re/c1-7-6-10(4,5)9(3)8(7)2;;;;;;;;;;/h1-5H3;4*1H3;;;;;;. The Labute approximate surface area is 125 Å². The molecule has 0 aromatic heterocycles. The van der Waals surface area contributed by atoms with Gasteiger partial charge >= 0.3 is 126 Å². The van der Waals surface area contributed by atoms with Crippen LogP contribution in [0.4, 0.5) is 0 Å². The third kappa shape index (κ3) is 5.77. The molecule has 1 aliphatic carbocycles. The summed E-state index contributed by atoms with van der Waals surface area (Å²) in [5.41, 5.74) is 9.42. The van der Waals surface area contributed by atoms with Crippen LogP contribution in [0.25, 0.3) is 0 Å². The van der Waals surface area contributed by atoms with E-state index in [0.717, 1.165) is 11.1 Å². The molecular weight excluding hydrogens is 609 g/mol. The van der Waals surface area contributed by atoms with E-state index in [9.17, 15) is 13.9 Å². The maximum atomic E-state index is 11.2. The Morgan fingerprint density at radius 1 is 0.850 bits per heavy atom. The summed E-state index contributed by atoms with van der Waals surface area (Å²) in [6.07, 6.45) is 0. The van der Waals surface area contributed by atoms with Crippen molar-refractivity contribution in [1.29, 1.82) is 0 Å². The first-order valence-electron chi connectivity index (χ1n) is 5.96. The van der Waals surface area contributed by atoms with E-state index in [2.05, 4.69) is 0 Å². The maximum absolute atomic E-state index is 11.2. The number of hydrogen-bond donors (Lipinski definition) is 0. The molecule has 0 atom stereocenters. The van der Waals surface area contributed by atoms with Crippen LogP contribution in [0.5, 0.6) is 0 Å². The monoisotopic (exact) mass is 638 g/mol. The first-order valence-corrected chi connectivity index (χ1v) is 21.8. The molecule has 122 valence electrons. The Kier molecular flexibility index (Phi) is 5.31. The van der Waals surface area contributed by atoms with E-state index in [-0.39, 0.29) is 4.05 Å². The van der Waals surface area contributed by atoms with Crippen LogP contribution in [-0.2, 0) is 43.1 Å². The van der Waals surface area contributed by atoms with Gasteiger partial charge in [-0.1, -0.05) is 0 Å². The van der Waals surface area contributed by atoms with Crippen molar-refractivity contribution in [2.45, 2.75) is 56.5 Å². The molecule has 0 radical (unpaired) electrons. The molecule has 0 fully saturated rings. The molecule has 0 saturated carbocycles. The SMILES string of the molecule is CC1=C(C)C(C)(C)[C]([Re](=[O])(=[O])=[O])=C1C.[CH3][Os]([CH3])([CH3])([CH3])=[O]. The van der Waals surface area contributed by atoms with Crippen LogP contribution in [0.3, 0.4) is 0 Å². The third-order valence-corrected chi connectivity index (χ3v) is 7.55. The third-order valence-electron chi connectivity index (χ3n) is 3.17. The summed E-state index contributed by atoms with van der Waals surface area (Å²) in [5, 5.41) is 0. The van der Waals surface area contributed by atoms with Gasteiger partial charge in [0.15, 0.2) is 0 Å². The van der Waals surface area contributed by atoms with E-state index >= 15 is 0 Å². The van der Waals surface area contributed by atoms with Crippen LogP contribution in [0.1, 0.15) is 34.6 Å². The van der Waals surface area contributed by atoms with Crippen LogP contribution in [-0.4, -0.2) is 0 Å². The quantitative estimate of drug-likeness (QED) is 0.405. The molecule has 0 aromatic rings. The molecule has 0 aliphatic heterocycles. The molecule has 0 N–H and O–H groups in total. The van der Waals surface area contributed by atoms with Crippen LogP contribution >= 0.6 is 0 Å². The molecule has 0 spiro atoms. The zero-order valence-corrected chi connectivity index (χ0v) is 19.1. The molecule has 0 bridgehead atoms. The fraction of sp³-hybridized carbons (Fsp3) is 0.714. The van der Waals surface area contributed by atoms with E-state index in [1.54, 1.807) is 20.8 Å². The van der Waals surface area contributed by atoms with Gasteiger partial charge in [-0.2, -0.15) is 0 Å². The number of rotatable bonds is 1. The second-order valence-electron chi connectivity index (χ2n) is 6.93. The van der Waals surface area contributed by atoms with Crippen molar-refractivity contribution in [2.24, 2.45) is 5.41 Å². The molecule has 20 heavy (non-hydrogen) atoms. The molecule has 1 aliphatic rings. The van der Waals surface area contributed by atoms with Gasteiger partial charge in [-0.15, -0.1) is 0 Å². The minimum absolute atomic E-state index is 0.146. The second kappa shape index (κ2) is 5.31. The molecular formula is C14H27O4OsRe. The van der Waals surface area contributed by atoms with Crippen LogP contribution < -0.4 is 0 Å². The minimum atomic E-state index is -5.57. The van der Waals surface area contributed by atoms with Crippen molar-refractivity contribution < 1.29 is 43.1 Å². The molecule has 6 heteroatoms. The predicted octanol–water partition coefficient (Wildman–Crippen LogP) is 5.04. The molecule has 0 amide bonds. The van der Waals surface area contributed by atoms with Gasteiger partial charge in [-0.3, -0.25) is 0 Å². The van der Waals surface area contributed by atoms with Gasteiger partial charge in [0.25, 0.3) is 0 Å². The van der Waals surface area contributed by atoms with Gasteiger partial charge in [-0.25, -0.2) is 0 Å². The zero-order chi connectivity index (χ0) is 16.8. The Morgan fingerprint density at radius 2 is 1.15 bits per heavy atom. The van der Waals surface area contributed by atoms with Crippen molar-refractivity contribution in [3.63, 3.8) is 0 Å². The Morgan fingerprint density at radius 3 is 1.25 bits per heavy atom. The van der Waals surface area contributed by atoms with E-state index < -0.39 is 34.6 Å². The first-order chi connectivity index (χ1) is 8.33. The molecule has 0 saturated heterocycles. The van der Waals surface area contributed by atoms with Gasteiger partial charge in [-0.05, 0) is 0 Å². The molecule has 0 heterocycles. The number of allylic oxidation sites excluding steroid dienone is 4. The fourth-order valence-corrected chi connectivity index (χ4v) is 6.36. The Balaban J connectivity index is 0.000000511. The number of hydrogen-bond acceptors (Lipinski definition) is 4. The molecule has 4 nitrogen and oxygen atoms in total. The van der Waals surface area contributed by atoms with Crippen LogP contribution in [0.2, 0.25) is 21.9 Å². The van der Waals surface area contributed by atoms with Crippen LogP contribution in [0, 0.1) is 5.41 Å². The molecule has 0 aromatic carbocycles. The van der Waals surface area contributed by atoms with Crippen molar-refractivity contribution in [1.82, 2.24) is 0 Å². The van der Waals surface area contributed by atoms with E-state index in [0.29, 0.717) is 5.57 Å². The Hall–Kier alpha value is -0.0213. The normalized spacial score (nSPS) is 21.1. The van der Waals surface area contributed by atoms with Gasteiger partial charge in [0.05, 0.1) is 0 Å². The summed E-state index contributed by atoms with van der Waals surface area (Å²) in [7, 11) is 0. The van der Waals surface area contributed by atoms with Gasteiger partial charge in [0, 0.05) is 0 Å². The molecule has 0 unspecified atom stereocenters. The van der Waals surface area contributed by atoms with Gasteiger partial charge < -0.3 is 0 Å². The van der Waals surface area contributed by atoms with Gasteiger partial charge in [0.2, 0.25) is 0 Å². The van der Waals surface area contributed by atoms with E-state index in [1.165, 1.54) is 0 Å². The average Bonchev–Trinajstić information content (AvgIpc) is 2.21. The van der Waals surface area contributed by atoms with E-state index in [4.69, 9.17) is 0 Å². The van der Waals surface area contributed by atoms with Crippen molar-refractivity contribution in [3.8, 4) is 0 Å². The van der Waals surface area contributed by atoms with Crippen molar-refractivity contribution in [2.75, 3.05) is 0 Å². The van der Waals surface area contributed by atoms with E-state index in [1.807, 2.05) is 35.8 Å². The summed E-state index contributed by atoms with van der Waals surface area (Å²) in [4.78, 5) is 0. The topological polar surface area (TPSA) is 68.3 Å². The summed E-state index contributed by atoms with van der Waals surface area (Å²) < 4.78 is 44.7. The average molecular weight is 636 g/mol. The summed E-state index contributed by atoms with van der Waals surface area (Å²) in [5.74, 6) is 0. The zero-order valence-electron chi connectivity index (χ0n) is 13.9. The molecule has 1 rings (SSSR count). The van der Waals surface area contributed by atoms with Crippen molar-refractivity contribution in [3.05, 3.63) is 20.8 Å². The summed E-state index contributed by atoms with van der Waals surface area (Å²) >= 11 is -8.47. The predicted molar refractivity (Wildman–Crippen MR) is 71.1 cm³/mol. The Bertz CT molecular complexity index is 670. The van der Waals surface area contributed by atoms with Crippen LogP contribution in [0.15, 0.2) is 20.8 Å². The van der Waals surface area contributed by atoms with Gasteiger partial charge in [0.1, 0.15) is 0 Å². The van der Waals surface area contributed by atoms with Crippen molar-refractivity contribution >= 4 is 0 Å². The summed E-state index contributed by atoms with van der Waals surface area (Å²) in [6.45, 7) is 9.08.